The first-order valence-electron chi connectivity index (χ1n) is 6.82. The SMILES string of the molecule is CC(C)(C)CC(C(=O)O[Si])=C(C(C)(C)C)C(C)(C)C. The number of rotatable bonds is 2. The average molecular weight is 281 g/mol. The molecule has 0 unspecified atom stereocenters. The van der Waals surface area contributed by atoms with Crippen LogP contribution in [0.3, 0.4) is 0 Å². The Morgan fingerprint density at radius 3 is 1.47 bits per heavy atom. The topological polar surface area (TPSA) is 26.3 Å². The predicted octanol–water partition coefficient (Wildman–Crippen LogP) is 4.44. The minimum absolute atomic E-state index is 0.0392. The van der Waals surface area contributed by atoms with Gasteiger partial charge >= 0.3 is 16.5 Å². The highest BCUT2D eigenvalue weighted by Crippen LogP contribution is 2.44. The molecule has 0 spiro atoms. The lowest BCUT2D eigenvalue weighted by Gasteiger charge is -2.37. The van der Waals surface area contributed by atoms with Crippen LogP contribution >= 0.6 is 0 Å². The average Bonchev–Trinajstić information content (AvgIpc) is 2.08. The molecular formula is C16H29O2Si. The first-order valence-corrected chi connectivity index (χ1v) is 7.23. The summed E-state index contributed by atoms with van der Waals surface area (Å²) in [4.78, 5) is 12.2. The molecule has 0 fully saturated rings. The first kappa shape index (κ1) is 18.4. The van der Waals surface area contributed by atoms with Crippen molar-refractivity contribution >= 4 is 16.5 Å². The summed E-state index contributed by atoms with van der Waals surface area (Å²) in [7, 11) is 2.89. The molecule has 2 nitrogen and oxygen atoms in total. The molecule has 0 amide bonds. The number of carbonyl (C=O) groups excluding carboxylic acids is 1. The minimum Gasteiger partial charge on any atom is -0.513 e. The van der Waals surface area contributed by atoms with E-state index in [1.807, 2.05) is 0 Å². The van der Waals surface area contributed by atoms with Crippen molar-refractivity contribution in [2.24, 2.45) is 16.2 Å². The van der Waals surface area contributed by atoms with Gasteiger partial charge in [-0.1, -0.05) is 62.3 Å². The smallest absolute Gasteiger partial charge is 0.345 e. The molecule has 19 heavy (non-hydrogen) atoms. The molecule has 0 heterocycles. The van der Waals surface area contributed by atoms with Crippen molar-refractivity contribution in [2.45, 2.75) is 68.7 Å². The molecule has 0 saturated heterocycles. The van der Waals surface area contributed by atoms with Crippen molar-refractivity contribution in [3.05, 3.63) is 11.1 Å². The van der Waals surface area contributed by atoms with Crippen molar-refractivity contribution in [3.8, 4) is 0 Å². The van der Waals surface area contributed by atoms with E-state index in [-0.39, 0.29) is 22.2 Å². The second kappa shape index (κ2) is 5.82. The molecule has 3 heteroatoms. The van der Waals surface area contributed by atoms with Crippen molar-refractivity contribution in [3.63, 3.8) is 0 Å². The van der Waals surface area contributed by atoms with E-state index in [9.17, 15) is 4.79 Å². The van der Waals surface area contributed by atoms with Crippen LogP contribution in [0, 0.1) is 16.2 Å². The third-order valence-electron chi connectivity index (χ3n) is 2.85. The molecular weight excluding hydrogens is 252 g/mol. The Hall–Kier alpha value is -0.573. The zero-order chi connectivity index (χ0) is 15.6. The standard InChI is InChI=1S/C16H29O2Si/c1-14(2,3)10-11(13(17)18-19)12(15(4,5)6)16(7,8)9/h10H2,1-9H3. The summed E-state index contributed by atoms with van der Waals surface area (Å²) in [5.74, 6) is -0.272. The van der Waals surface area contributed by atoms with Gasteiger partial charge in [0.15, 0.2) is 0 Å². The van der Waals surface area contributed by atoms with Gasteiger partial charge in [0, 0.05) is 5.57 Å². The van der Waals surface area contributed by atoms with Gasteiger partial charge in [-0.25, -0.2) is 4.79 Å². The quantitative estimate of drug-likeness (QED) is 0.552. The van der Waals surface area contributed by atoms with Crippen LogP contribution in [0.4, 0.5) is 0 Å². The Balaban J connectivity index is 6.09. The highest BCUT2D eigenvalue weighted by molar-refractivity contribution is 6.09. The zero-order valence-electron chi connectivity index (χ0n) is 14.0. The van der Waals surface area contributed by atoms with Crippen molar-refractivity contribution in [2.75, 3.05) is 0 Å². The number of hydrogen-bond acceptors (Lipinski definition) is 2. The molecule has 0 atom stereocenters. The highest BCUT2D eigenvalue weighted by Gasteiger charge is 2.35. The zero-order valence-corrected chi connectivity index (χ0v) is 15.0. The van der Waals surface area contributed by atoms with Crippen LogP contribution < -0.4 is 0 Å². The maximum atomic E-state index is 12.2. The largest absolute Gasteiger partial charge is 0.513 e. The first-order chi connectivity index (χ1) is 8.20. The minimum atomic E-state index is -0.272. The maximum absolute atomic E-state index is 12.2. The lowest BCUT2D eigenvalue weighted by Crippen LogP contribution is -2.28. The summed E-state index contributed by atoms with van der Waals surface area (Å²) in [5, 5.41) is 0. The summed E-state index contributed by atoms with van der Waals surface area (Å²) in [6.45, 7) is 19.3. The fourth-order valence-corrected chi connectivity index (χ4v) is 3.01. The van der Waals surface area contributed by atoms with Crippen molar-refractivity contribution in [1.82, 2.24) is 0 Å². The Bertz CT molecular complexity index is 344. The lowest BCUT2D eigenvalue weighted by molar-refractivity contribution is -0.130. The second-order valence-electron chi connectivity index (χ2n) is 8.48. The molecule has 0 aliphatic carbocycles. The predicted molar refractivity (Wildman–Crippen MR) is 81.9 cm³/mol. The Labute approximate surface area is 122 Å². The molecule has 0 rings (SSSR count). The molecule has 0 aliphatic rings. The Kier molecular flexibility index (Phi) is 5.64. The van der Waals surface area contributed by atoms with Gasteiger partial charge in [0.1, 0.15) is 0 Å². The number of carbonyl (C=O) groups is 1. The number of hydrogen-bond donors (Lipinski definition) is 0. The van der Waals surface area contributed by atoms with Gasteiger partial charge in [-0.05, 0) is 28.2 Å². The van der Waals surface area contributed by atoms with Crippen LogP contribution in [-0.2, 0) is 9.22 Å². The van der Waals surface area contributed by atoms with E-state index >= 15 is 0 Å². The molecule has 0 N–H and O–H groups in total. The fraction of sp³-hybridized carbons (Fsp3) is 0.812. The van der Waals surface area contributed by atoms with Crippen LogP contribution in [0.15, 0.2) is 11.1 Å². The molecule has 0 aromatic heterocycles. The number of allylic oxidation sites excluding steroid dienone is 1. The van der Waals surface area contributed by atoms with Gasteiger partial charge in [-0.2, -0.15) is 0 Å². The molecule has 0 aromatic rings. The highest BCUT2D eigenvalue weighted by atomic mass is 28.2. The summed E-state index contributed by atoms with van der Waals surface area (Å²) in [6.07, 6.45) is 0.709. The van der Waals surface area contributed by atoms with Crippen LogP contribution in [0.1, 0.15) is 68.7 Å². The molecule has 0 aromatic carbocycles. The van der Waals surface area contributed by atoms with Gasteiger partial charge in [-0.3, -0.25) is 0 Å². The van der Waals surface area contributed by atoms with Crippen LogP contribution in [-0.4, -0.2) is 16.5 Å². The van der Waals surface area contributed by atoms with Crippen LogP contribution in [0.25, 0.3) is 0 Å². The third-order valence-corrected chi connectivity index (χ3v) is 3.03. The fourth-order valence-electron chi connectivity index (χ4n) is 2.88. The van der Waals surface area contributed by atoms with E-state index in [1.165, 1.54) is 0 Å². The Morgan fingerprint density at radius 2 is 1.26 bits per heavy atom. The van der Waals surface area contributed by atoms with E-state index in [1.54, 1.807) is 0 Å². The van der Waals surface area contributed by atoms with Gasteiger partial charge in [0.25, 0.3) is 0 Å². The molecule has 0 bridgehead atoms. The summed E-state index contributed by atoms with van der Waals surface area (Å²) in [6, 6.07) is 0. The van der Waals surface area contributed by atoms with Crippen molar-refractivity contribution < 1.29 is 9.22 Å². The summed E-state index contributed by atoms with van der Waals surface area (Å²) < 4.78 is 4.84. The van der Waals surface area contributed by atoms with E-state index in [4.69, 9.17) is 4.43 Å². The summed E-state index contributed by atoms with van der Waals surface area (Å²) in [5.41, 5.74) is 1.86. The monoisotopic (exact) mass is 281 g/mol. The molecule has 3 radical (unpaired) electrons. The van der Waals surface area contributed by atoms with Gasteiger partial charge < -0.3 is 4.43 Å². The molecule has 0 saturated carbocycles. The lowest BCUT2D eigenvalue weighted by atomic mass is 9.68. The second-order valence-corrected chi connectivity index (χ2v) is 8.68. The Morgan fingerprint density at radius 1 is 0.895 bits per heavy atom. The van der Waals surface area contributed by atoms with Crippen LogP contribution in [0.5, 0.6) is 0 Å². The molecule has 109 valence electrons. The van der Waals surface area contributed by atoms with E-state index in [0.29, 0.717) is 6.42 Å². The maximum Gasteiger partial charge on any atom is 0.345 e. The third kappa shape index (κ3) is 5.94. The van der Waals surface area contributed by atoms with Gasteiger partial charge in [0.05, 0.1) is 0 Å². The summed E-state index contributed by atoms with van der Waals surface area (Å²) >= 11 is 0. The van der Waals surface area contributed by atoms with Crippen LogP contribution in [0.2, 0.25) is 0 Å². The van der Waals surface area contributed by atoms with Gasteiger partial charge in [0.2, 0.25) is 0 Å². The normalized spacial score (nSPS) is 13.2. The molecule has 0 aliphatic heterocycles. The van der Waals surface area contributed by atoms with E-state index in [0.717, 1.165) is 11.1 Å². The van der Waals surface area contributed by atoms with E-state index < -0.39 is 0 Å². The van der Waals surface area contributed by atoms with Gasteiger partial charge in [-0.15, -0.1) is 0 Å². The van der Waals surface area contributed by atoms with Crippen molar-refractivity contribution in [1.29, 1.82) is 0 Å². The van der Waals surface area contributed by atoms with E-state index in [2.05, 4.69) is 72.8 Å².